The molecule has 1 rings (SSSR count). The number of methoxy groups -OCH3 is 1. The first-order valence-corrected chi connectivity index (χ1v) is 6.47. The summed E-state index contributed by atoms with van der Waals surface area (Å²) in [5.41, 5.74) is 0. The van der Waals surface area contributed by atoms with Crippen molar-refractivity contribution in [2.45, 2.75) is 24.3 Å². The highest BCUT2D eigenvalue weighted by Crippen LogP contribution is 2.31. The molecule has 0 spiro atoms. The summed E-state index contributed by atoms with van der Waals surface area (Å²) in [5, 5.41) is -0.340. The van der Waals surface area contributed by atoms with Gasteiger partial charge in [0.25, 0.3) is 0 Å². The first-order valence-electron chi connectivity index (χ1n) is 4.75. The first-order chi connectivity index (χ1) is 6.20. The molecule has 3 atom stereocenters. The van der Waals surface area contributed by atoms with Gasteiger partial charge >= 0.3 is 0 Å². The van der Waals surface area contributed by atoms with E-state index in [-0.39, 0.29) is 23.1 Å². The normalized spacial score (nSPS) is 33.5. The summed E-state index contributed by atoms with van der Waals surface area (Å²) >= 11 is 0. The molecule has 0 aromatic carbocycles. The Balaban J connectivity index is 2.87. The lowest BCUT2D eigenvalue weighted by molar-refractivity contribution is -0.895. The van der Waals surface area contributed by atoms with E-state index in [0.29, 0.717) is 4.48 Å². The molecule has 1 fully saturated rings. The van der Waals surface area contributed by atoms with E-state index in [4.69, 9.17) is 4.74 Å². The number of quaternary nitrogens is 1. The van der Waals surface area contributed by atoms with Crippen molar-refractivity contribution in [3.63, 3.8) is 0 Å². The van der Waals surface area contributed by atoms with Crippen LogP contribution in [-0.4, -0.2) is 64.3 Å². The van der Waals surface area contributed by atoms with Gasteiger partial charge in [-0.3, -0.25) is 0 Å². The molecule has 0 saturated carbocycles. The third kappa shape index (κ3) is 1.94. The Morgan fingerprint density at radius 3 is 2.14 bits per heavy atom. The lowest BCUT2D eigenvalue weighted by atomic mass is 10.1. The summed E-state index contributed by atoms with van der Waals surface area (Å²) < 4.78 is 29.0. The van der Waals surface area contributed by atoms with Crippen LogP contribution in [0.5, 0.6) is 0 Å². The molecule has 1 heterocycles. The molecule has 84 valence electrons. The van der Waals surface area contributed by atoms with Gasteiger partial charge in [-0.1, -0.05) is 0 Å². The minimum atomic E-state index is -2.91. The number of nitrogens with zero attached hydrogens (tertiary/aromatic N) is 1. The Morgan fingerprint density at radius 1 is 1.36 bits per heavy atom. The van der Waals surface area contributed by atoms with Crippen LogP contribution in [0, 0.1) is 0 Å². The molecule has 0 bridgehead atoms. The molecule has 0 unspecified atom stereocenters. The van der Waals surface area contributed by atoms with Gasteiger partial charge in [-0.15, -0.1) is 0 Å². The predicted molar refractivity (Wildman–Crippen MR) is 55.9 cm³/mol. The van der Waals surface area contributed by atoms with Crippen LogP contribution in [0.1, 0.15) is 6.92 Å². The van der Waals surface area contributed by atoms with Crippen LogP contribution in [0.4, 0.5) is 0 Å². The van der Waals surface area contributed by atoms with Crippen LogP contribution < -0.4 is 0 Å². The van der Waals surface area contributed by atoms with Crippen LogP contribution >= 0.6 is 0 Å². The van der Waals surface area contributed by atoms with E-state index < -0.39 is 9.84 Å². The summed E-state index contributed by atoms with van der Waals surface area (Å²) in [4.78, 5) is 0. The average molecular weight is 222 g/mol. The number of ether oxygens (including phenoxy) is 1. The van der Waals surface area contributed by atoms with Crippen molar-refractivity contribution < 1.29 is 17.6 Å². The summed E-state index contributed by atoms with van der Waals surface area (Å²) in [6.07, 6.45) is -0.212. The highest BCUT2D eigenvalue weighted by molar-refractivity contribution is 7.93. The standard InChI is InChI=1S/C9H20NO3S/c1-7(13-5)9-8(10(2,3)4)6-14(9,11)12/h7-9H,6H2,1-5H3/q+1/t7-,8+,9+/m0/s1. The molecule has 1 saturated heterocycles. The van der Waals surface area contributed by atoms with Crippen molar-refractivity contribution in [2.24, 2.45) is 0 Å². The predicted octanol–water partition coefficient (Wildman–Crippen LogP) is -0.107. The quantitative estimate of drug-likeness (QED) is 0.626. The van der Waals surface area contributed by atoms with Crippen LogP contribution in [0.15, 0.2) is 0 Å². The maximum atomic E-state index is 11.6. The van der Waals surface area contributed by atoms with Gasteiger partial charge in [-0.25, -0.2) is 8.42 Å². The average Bonchev–Trinajstić information content (AvgIpc) is 1.98. The van der Waals surface area contributed by atoms with E-state index in [9.17, 15) is 8.42 Å². The van der Waals surface area contributed by atoms with Gasteiger partial charge in [0.2, 0.25) is 0 Å². The van der Waals surface area contributed by atoms with Gasteiger partial charge < -0.3 is 9.22 Å². The SMILES string of the molecule is CO[C@@H](C)[C@@H]1[C@H]([N+](C)(C)C)CS1(=O)=O. The minimum Gasteiger partial charge on any atom is -0.380 e. The monoisotopic (exact) mass is 222 g/mol. The Kier molecular flexibility index (Phi) is 2.96. The molecule has 0 amide bonds. The second kappa shape index (κ2) is 3.47. The lowest BCUT2D eigenvalue weighted by Gasteiger charge is -2.46. The van der Waals surface area contributed by atoms with E-state index in [1.165, 1.54) is 0 Å². The topological polar surface area (TPSA) is 43.4 Å². The Labute approximate surface area is 86.4 Å². The summed E-state index contributed by atoms with van der Waals surface area (Å²) in [6.45, 7) is 1.82. The van der Waals surface area contributed by atoms with E-state index in [2.05, 4.69) is 0 Å². The van der Waals surface area contributed by atoms with Crippen molar-refractivity contribution in [1.29, 1.82) is 0 Å². The number of hydrogen-bond donors (Lipinski definition) is 0. The van der Waals surface area contributed by atoms with Crippen molar-refractivity contribution in [2.75, 3.05) is 34.0 Å². The van der Waals surface area contributed by atoms with Gasteiger partial charge in [-0.2, -0.15) is 0 Å². The Bertz CT molecular complexity index is 305. The zero-order valence-corrected chi connectivity index (χ0v) is 10.3. The molecule has 0 aromatic rings. The maximum absolute atomic E-state index is 11.6. The Hall–Kier alpha value is -0.130. The van der Waals surface area contributed by atoms with E-state index in [1.807, 2.05) is 28.1 Å². The zero-order chi connectivity index (χ0) is 11.1. The number of sulfone groups is 1. The molecule has 4 nitrogen and oxygen atoms in total. The minimum absolute atomic E-state index is 0.162. The molecule has 1 aliphatic rings. The zero-order valence-electron chi connectivity index (χ0n) is 9.52. The van der Waals surface area contributed by atoms with Crippen LogP contribution in [-0.2, 0) is 14.6 Å². The molecule has 5 heteroatoms. The van der Waals surface area contributed by atoms with Crippen molar-refractivity contribution >= 4 is 9.84 Å². The van der Waals surface area contributed by atoms with Gasteiger partial charge in [-0.05, 0) is 6.92 Å². The highest BCUT2D eigenvalue weighted by atomic mass is 32.2. The summed E-state index contributed by atoms with van der Waals surface area (Å²) in [7, 11) is 4.72. The third-order valence-corrected chi connectivity index (χ3v) is 5.36. The summed E-state index contributed by atoms with van der Waals surface area (Å²) in [5.74, 6) is 0.287. The lowest BCUT2D eigenvalue weighted by Crippen LogP contribution is -2.68. The fraction of sp³-hybridized carbons (Fsp3) is 1.00. The summed E-state index contributed by atoms with van der Waals surface area (Å²) in [6, 6.07) is 0.162. The van der Waals surface area contributed by atoms with Crippen molar-refractivity contribution in [3.8, 4) is 0 Å². The second-order valence-electron chi connectivity index (χ2n) is 4.92. The fourth-order valence-corrected chi connectivity index (χ4v) is 4.59. The second-order valence-corrected chi connectivity index (χ2v) is 7.12. The third-order valence-electron chi connectivity index (χ3n) is 3.03. The fourth-order valence-electron chi connectivity index (χ4n) is 1.96. The molecule has 1 aliphatic heterocycles. The van der Waals surface area contributed by atoms with Gasteiger partial charge in [0.05, 0.1) is 27.2 Å². The molecule has 14 heavy (non-hydrogen) atoms. The number of hydrogen-bond acceptors (Lipinski definition) is 3. The number of rotatable bonds is 3. The molecule has 0 radical (unpaired) electrons. The maximum Gasteiger partial charge on any atom is 0.167 e. The Morgan fingerprint density at radius 2 is 1.86 bits per heavy atom. The van der Waals surface area contributed by atoms with Gasteiger partial charge in [0, 0.05) is 7.11 Å². The molecular formula is C9H20NO3S+. The van der Waals surface area contributed by atoms with Gasteiger partial charge in [0.15, 0.2) is 9.84 Å². The van der Waals surface area contributed by atoms with Crippen LogP contribution in [0.3, 0.4) is 0 Å². The first kappa shape index (κ1) is 11.9. The van der Waals surface area contributed by atoms with Crippen LogP contribution in [0.25, 0.3) is 0 Å². The molecule has 0 aromatic heterocycles. The van der Waals surface area contributed by atoms with Gasteiger partial charge in [0.1, 0.15) is 17.0 Å². The van der Waals surface area contributed by atoms with E-state index >= 15 is 0 Å². The molecule has 0 N–H and O–H groups in total. The van der Waals surface area contributed by atoms with Crippen molar-refractivity contribution in [3.05, 3.63) is 0 Å². The smallest absolute Gasteiger partial charge is 0.167 e. The van der Waals surface area contributed by atoms with Crippen molar-refractivity contribution in [1.82, 2.24) is 0 Å². The van der Waals surface area contributed by atoms with E-state index in [0.717, 1.165) is 0 Å². The van der Waals surface area contributed by atoms with Crippen LogP contribution in [0.2, 0.25) is 0 Å². The largest absolute Gasteiger partial charge is 0.380 e. The van der Waals surface area contributed by atoms with E-state index in [1.54, 1.807) is 7.11 Å². The molecule has 0 aliphatic carbocycles. The molecular weight excluding hydrogens is 202 g/mol. The highest BCUT2D eigenvalue weighted by Gasteiger charge is 2.55.